The summed E-state index contributed by atoms with van der Waals surface area (Å²) in [6, 6.07) is 21.3. The van der Waals surface area contributed by atoms with Crippen LogP contribution in [0.1, 0.15) is 43.4 Å². The Hall–Kier alpha value is -1.68. The highest BCUT2D eigenvalue weighted by molar-refractivity contribution is 5.23. The van der Waals surface area contributed by atoms with Gasteiger partial charge in [0.15, 0.2) is 0 Å². The van der Waals surface area contributed by atoms with Crippen LogP contribution >= 0.6 is 0 Å². The highest BCUT2D eigenvalue weighted by Gasteiger charge is 2.42. The predicted octanol–water partition coefficient (Wildman–Crippen LogP) is 3.85. The minimum atomic E-state index is -0.584. The van der Waals surface area contributed by atoms with Crippen molar-refractivity contribution in [3.05, 3.63) is 71.3 Å². The van der Waals surface area contributed by atoms with Crippen LogP contribution in [0.5, 0.6) is 0 Å². The number of likely N-dealkylation sites (tertiary alicyclic amines) is 2. The highest BCUT2D eigenvalue weighted by atomic mass is 16.3. The van der Waals surface area contributed by atoms with Crippen LogP contribution in [0.4, 0.5) is 0 Å². The molecule has 2 heterocycles. The van der Waals surface area contributed by atoms with E-state index in [1.807, 2.05) is 13.8 Å². The van der Waals surface area contributed by atoms with E-state index < -0.39 is 5.60 Å². The van der Waals surface area contributed by atoms with Crippen LogP contribution in [0.3, 0.4) is 0 Å². The molecule has 1 N–H and O–H groups in total. The molecule has 3 nitrogen and oxygen atoms in total. The molecule has 2 aliphatic heterocycles. The first-order valence-electron chi connectivity index (χ1n) is 10.3. The molecule has 0 aliphatic carbocycles. The van der Waals surface area contributed by atoms with Crippen LogP contribution in [0, 0.1) is 0 Å². The number of aliphatic hydroxyl groups is 1. The third-order valence-electron chi connectivity index (χ3n) is 6.13. The Balaban J connectivity index is 1.28. The lowest BCUT2D eigenvalue weighted by Crippen LogP contribution is -2.45. The van der Waals surface area contributed by atoms with Crippen LogP contribution in [-0.2, 0) is 19.5 Å². The highest BCUT2D eigenvalue weighted by Crippen LogP contribution is 2.33. The van der Waals surface area contributed by atoms with Gasteiger partial charge in [0.1, 0.15) is 0 Å². The molecule has 2 fully saturated rings. The van der Waals surface area contributed by atoms with Crippen molar-refractivity contribution >= 4 is 0 Å². The Morgan fingerprint density at radius 1 is 0.815 bits per heavy atom. The van der Waals surface area contributed by atoms with E-state index in [0.29, 0.717) is 12.1 Å². The van der Waals surface area contributed by atoms with Gasteiger partial charge in [0.2, 0.25) is 0 Å². The quantitative estimate of drug-likeness (QED) is 0.808. The number of piperazine rings is 1. The summed E-state index contributed by atoms with van der Waals surface area (Å²) in [5.41, 5.74) is 3.57. The lowest BCUT2D eigenvalue weighted by Gasteiger charge is -2.34. The first kappa shape index (κ1) is 18.7. The van der Waals surface area contributed by atoms with Crippen LogP contribution in [0.2, 0.25) is 0 Å². The molecular weight excluding hydrogens is 332 g/mol. The molecule has 0 unspecified atom stereocenters. The molecule has 0 radical (unpaired) electrons. The van der Waals surface area contributed by atoms with E-state index in [1.54, 1.807) is 0 Å². The first-order chi connectivity index (χ1) is 13.0. The van der Waals surface area contributed by atoms with Crippen molar-refractivity contribution in [2.75, 3.05) is 13.1 Å². The van der Waals surface area contributed by atoms with Crippen molar-refractivity contribution < 1.29 is 5.11 Å². The minimum absolute atomic E-state index is 0.584. The van der Waals surface area contributed by atoms with Gasteiger partial charge < -0.3 is 5.11 Å². The molecule has 4 rings (SSSR count). The van der Waals surface area contributed by atoms with Gasteiger partial charge in [-0.05, 0) is 49.8 Å². The van der Waals surface area contributed by atoms with Crippen molar-refractivity contribution in [1.82, 2.24) is 9.80 Å². The van der Waals surface area contributed by atoms with Crippen molar-refractivity contribution in [2.45, 2.75) is 63.9 Å². The first-order valence-corrected chi connectivity index (χ1v) is 10.3. The summed E-state index contributed by atoms with van der Waals surface area (Å²) in [7, 11) is 0. The van der Waals surface area contributed by atoms with Crippen LogP contribution in [0.15, 0.2) is 54.6 Å². The number of fused-ring (bicyclic) bond motifs is 2. The largest absolute Gasteiger partial charge is 0.390 e. The summed E-state index contributed by atoms with van der Waals surface area (Å²) >= 11 is 0. The molecule has 27 heavy (non-hydrogen) atoms. The van der Waals surface area contributed by atoms with Crippen molar-refractivity contribution in [1.29, 1.82) is 0 Å². The Labute approximate surface area is 163 Å². The second-order valence-electron chi connectivity index (χ2n) is 9.02. The maximum atomic E-state index is 9.89. The van der Waals surface area contributed by atoms with E-state index in [9.17, 15) is 5.11 Å². The van der Waals surface area contributed by atoms with Gasteiger partial charge in [-0.15, -0.1) is 0 Å². The standard InChI is InChI=1S/C24H32N2O/c1-24(2,27)13-12-19-8-10-21(11-9-19)16-26-18-22-14-23(26)17-25(22)15-20-6-4-3-5-7-20/h3-11,22-23,27H,12-18H2,1-2H3/t22-,23-/m0/s1. The summed E-state index contributed by atoms with van der Waals surface area (Å²) in [5.74, 6) is 0. The smallest absolute Gasteiger partial charge is 0.0594 e. The second kappa shape index (κ2) is 7.75. The molecule has 2 atom stereocenters. The molecule has 2 aromatic rings. The molecular formula is C24H32N2O. The maximum absolute atomic E-state index is 9.89. The lowest BCUT2D eigenvalue weighted by atomic mass is 9.98. The third-order valence-corrected chi connectivity index (χ3v) is 6.13. The molecule has 2 saturated heterocycles. The molecule has 0 saturated carbocycles. The molecule has 2 bridgehead atoms. The fourth-order valence-corrected chi connectivity index (χ4v) is 4.53. The van der Waals surface area contributed by atoms with Crippen LogP contribution in [-0.4, -0.2) is 45.7 Å². The number of rotatable bonds is 7. The molecule has 2 aromatic carbocycles. The average molecular weight is 365 g/mol. The number of aryl methyl sites for hydroxylation is 1. The SMILES string of the molecule is CC(C)(O)CCc1ccc(CN2C[C@@H]3C[C@H]2CN3Cc2ccccc2)cc1. The Bertz CT molecular complexity index is 735. The fraction of sp³-hybridized carbons (Fsp3) is 0.500. The van der Waals surface area contributed by atoms with Crippen LogP contribution < -0.4 is 0 Å². The molecule has 0 spiro atoms. The van der Waals surface area contributed by atoms with Gasteiger partial charge in [-0.1, -0.05) is 54.6 Å². The fourth-order valence-electron chi connectivity index (χ4n) is 4.53. The van der Waals surface area contributed by atoms with E-state index in [2.05, 4.69) is 64.4 Å². The van der Waals surface area contributed by atoms with E-state index in [0.717, 1.165) is 25.9 Å². The normalized spacial score (nSPS) is 23.2. The second-order valence-corrected chi connectivity index (χ2v) is 9.02. The summed E-state index contributed by atoms with van der Waals surface area (Å²) in [6.45, 7) is 8.30. The number of hydrogen-bond donors (Lipinski definition) is 1. The van der Waals surface area contributed by atoms with E-state index in [1.165, 1.54) is 36.2 Å². The van der Waals surface area contributed by atoms with Crippen molar-refractivity contribution in [3.8, 4) is 0 Å². The topological polar surface area (TPSA) is 26.7 Å². The van der Waals surface area contributed by atoms with Gasteiger partial charge in [-0.25, -0.2) is 0 Å². The van der Waals surface area contributed by atoms with Gasteiger partial charge in [-0.2, -0.15) is 0 Å². The van der Waals surface area contributed by atoms with Gasteiger partial charge in [0.25, 0.3) is 0 Å². The third kappa shape index (κ3) is 4.78. The predicted molar refractivity (Wildman–Crippen MR) is 111 cm³/mol. The van der Waals surface area contributed by atoms with Crippen molar-refractivity contribution in [2.24, 2.45) is 0 Å². The zero-order chi connectivity index (χ0) is 18.9. The zero-order valence-electron chi connectivity index (χ0n) is 16.6. The van der Waals surface area contributed by atoms with Gasteiger partial charge in [0, 0.05) is 38.3 Å². The Morgan fingerprint density at radius 2 is 1.33 bits per heavy atom. The average Bonchev–Trinajstić information content (AvgIpc) is 3.21. The molecule has 0 aromatic heterocycles. The summed E-state index contributed by atoms with van der Waals surface area (Å²) in [4.78, 5) is 5.33. The molecule has 2 aliphatic rings. The summed E-state index contributed by atoms with van der Waals surface area (Å²) < 4.78 is 0. The van der Waals surface area contributed by atoms with Gasteiger partial charge >= 0.3 is 0 Å². The molecule has 3 heteroatoms. The summed E-state index contributed by atoms with van der Waals surface area (Å²) in [6.07, 6.45) is 3.06. The Kier molecular flexibility index (Phi) is 5.36. The van der Waals surface area contributed by atoms with E-state index in [4.69, 9.17) is 0 Å². The molecule has 0 amide bonds. The van der Waals surface area contributed by atoms with Gasteiger partial charge in [0.05, 0.1) is 5.60 Å². The number of hydrogen-bond acceptors (Lipinski definition) is 3. The van der Waals surface area contributed by atoms with Gasteiger partial charge in [-0.3, -0.25) is 9.80 Å². The maximum Gasteiger partial charge on any atom is 0.0594 e. The molecule has 144 valence electrons. The lowest BCUT2D eigenvalue weighted by molar-refractivity contribution is 0.0714. The van der Waals surface area contributed by atoms with Crippen molar-refractivity contribution in [3.63, 3.8) is 0 Å². The Morgan fingerprint density at radius 3 is 1.85 bits per heavy atom. The monoisotopic (exact) mass is 364 g/mol. The van der Waals surface area contributed by atoms with E-state index >= 15 is 0 Å². The van der Waals surface area contributed by atoms with Crippen LogP contribution in [0.25, 0.3) is 0 Å². The number of nitrogens with zero attached hydrogens (tertiary/aromatic N) is 2. The van der Waals surface area contributed by atoms with E-state index in [-0.39, 0.29) is 0 Å². The minimum Gasteiger partial charge on any atom is -0.390 e. The zero-order valence-corrected chi connectivity index (χ0v) is 16.6. The number of benzene rings is 2. The summed E-state index contributed by atoms with van der Waals surface area (Å²) in [5, 5.41) is 9.89.